The topological polar surface area (TPSA) is 41.6 Å². The maximum absolute atomic E-state index is 12.4. The normalized spacial score (nSPS) is 18.4. The van der Waals surface area contributed by atoms with Gasteiger partial charge in [-0.15, -0.1) is 0 Å². The number of ether oxygens (including phenoxy) is 1. The highest BCUT2D eigenvalue weighted by atomic mass is 35.5. The molecule has 5 heteroatoms. The van der Waals surface area contributed by atoms with Gasteiger partial charge < -0.3 is 15.0 Å². The van der Waals surface area contributed by atoms with Crippen molar-refractivity contribution in [2.75, 3.05) is 26.2 Å². The van der Waals surface area contributed by atoms with Gasteiger partial charge in [0.1, 0.15) is 5.75 Å². The number of carbonyl (C=O) groups is 1. The molecule has 0 bridgehead atoms. The van der Waals surface area contributed by atoms with Gasteiger partial charge in [-0.05, 0) is 51.1 Å². The van der Waals surface area contributed by atoms with Crippen molar-refractivity contribution >= 4 is 17.5 Å². The van der Waals surface area contributed by atoms with E-state index in [2.05, 4.69) is 19.2 Å². The highest BCUT2D eigenvalue weighted by Gasteiger charge is 2.31. The van der Waals surface area contributed by atoms with Crippen molar-refractivity contribution in [3.05, 3.63) is 29.3 Å². The molecule has 20 heavy (non-hydrogen) atoms. The summed E-state index contributed by atoms with van der Waals surface area (Å²) in [4.78, 5) is 14.3. The molecule has 2 rings (SSSR count). The van der Waals surface area contributed by atoms with Gasteiger partial charge in [-0.2, -0.15) is 0 Å². The first-order chi connectivity index (χ1) is 9.49. The zero-order chi connectivity index (χ0) is 14.6. The number of rotatable bonds is 3. The van der Waals surface area contributed by atoms with E-state index >= 15 is 0 Å². The minimum Gasteiger partial charge on any atom is -0.484 e. The molecule has 0 aliphatic carbocycles. The molecule has 0 aromatic heterocycles. The highest BCUT2D eigenvalue weighted by molar-refractivity contribution is 6.30. The summed E-state index contributed by atoms with van der Waals surface area (Å²) in [7, 11) is 0. The number of nitrogens with zero attached hydrogens (tertiary/aromatic N) is 1. The molecule has 1 amide bonds. The van der Waals surface area contributed by atoms with Gasteiger partial charge in [-0.3, -0.25) is 4.79 Å². The Labute approximate surface area is 125 Å². The van der Waals surface area contributed by atoms with Crippen LogP contribution in [0.25, 0.3) is 0 Å². The monoisotopic (exact) mass is 296 g/mol. The Bertz CT molecular complexity index is 459. The van der Waals surface area contributed by atoms with E-state index in [1.807, 2.05) is 4.90 Å². The van der Waals surface area contributed by atoms with Gasteiger partial charge in [0.05, 0.1) is 0 Å². The zero-order valence-electron chi connectivity index (χ0n) is 12.0. The van der Waals surface area contributed by atoms with E-state index in [1.165, 1.54) is 0 Å². The van der Waals surface area contributed by atoms with Crippen molar-refractivity contribution in [1.29, 1.82) is 0 Å². The quantitative estimate of drug-likeness (QED) is 0.931. The number of carbonyl (C=O) groups excluding carboxylic acids is 1. The predicted molar refractivity (Wildman–Crippen MR) is 80.2 cm³/mol. The third-order valence-electron chi connectivity index (χ3n) is 3.50. The van der Waals surface area contributed by atoms with Crippen molar-refractivity contribution in [3.63, 3.8) is 0 Å². The molecule has 1 aliphatic rings. The smallest absolute Gasteiger partial charge is 0.260 e. The molecule has 1 heterocycles. The van der Waals surface area contributed by atoms with Crippen LogP contribution in [0.4, 0.5) is 0 Å². The lowest BCUT2D eigenvalue weighted by Crippen LogP contribution is -2.52. The molecule has 0 atom stereocenters. The lowest BCUT2D eigenvalue weighted by Gasteiger charge is -2.36. The number of hydrogen-bond donors (Lipinski definition) is 1. The van der Waals surface area contributed by atoms with Crippen LogP contribution in [-0.4, -0.2) is 42.6 Å². The fourth-order valence-electron chi connectivity index (χ4n) is 2.37. The van der Waals surface area contributed by atoms with Crippen LogP contribution in [0.3, 0.4) is 0 Å². The Morgan fingerprint density at radius 1 is 1.40 bits per heavy atom. The van der Waals surface area contributed by atoms with Crippen LogP contribution in [0.15, 0.2) is 24.3 Å². The molecular weight excluding hydrogens is 276 g/mol. The molecular formula is C15H21ClN2O2. The molecule has 1 aromatic carbocycles. The van der Waals surface area contributed by atoms with Crippen LogP contribution in [0, 0.1) is 0 Å². The van der Waals surface area contributed by atoms with E-state index < -0.39 is 0 Å². The molecule has 1 aromatic rings. The van der Waals surface area contributed by atoms with E-state index in [9.17, 15) is 4.79 Å². The number of amides is 1. The number of nitrogens with one attached hydrogen (secondary N) is 1. The molecule has 1 saturated heterocycles. The Balaban J connectivity index is 1.94. The summed E-state index contributed by atoms with van der Waals surface area (Å²) in [5.41, 5.74) is -0.184. The predicted octanol–water partition coefficient (Wildman–Crippen LogP) is 2.32. The molecule has 110 valence electrons. The number of halogens is 1. The third kappa shape index (κ3) is 3.87. The Hall–Kier alpha value is -1.26. The van der Waals surface area contributed by atoms with E-state index in [0.29, 0.717) is 10.8 Å². The van der Waals surface area contributed by atoms with Gasteiger partial charge in [0.2, 0.25) is 0 Å². The number of hydrogen-bond acceptors (Lipinski definition) is 3. The van der Waals surface area contributed by atoms with Crippen LogP contribution < -0.4 is 10.1 Å². The largest absolute Gasteiger partial charge is 0.484 e. The summed E-state index contributed by atoms with van der Waals surface area (Å²) >= 11 is 5.81. The minimum atomic E-state index is -0.184. The maximum atomic E-state index is 12.4. The molecule has 1 fully saturated rings. The summed E-state index contributed by atoms with van der Waals surface area (Å²) < 4.78 is 5.54. The fourth-order valence-corrected chi connectivity index (χ4v) is 2.50. The summed E-state index contributed by atoms with van der Waals surface area (Å²) in [6, 6.07) is 7.04. The molecule has 0 radical (unpaired) electrons. The first kappa shape index (κ1) is 15.1. The van der Waals surface area contributed by atoms with E-state index in [4.69, 9.17) is 16.3 Å². The Kier molecular flexibility index (Phi) is 4.89. The Morgan fingerprint density at radius 3 is 2.80 bits per heavy atom. The molecule has 0 unspecified atom stereocenters. The third-order valence-corrected chi connectivity index (χ3v) is 3.75. The van der Waals surface area contributed by atoms with Crippen molar-refractivity contribution in [2.24, 2.45) is 0 Å². The van der Waals surface area contributed by atoms with Crippen LogP contribution in [0.5, 0.6) is 5.75 Å². The maximum Gasteiger partial charge on any atom is 0.260 e. The van der Waals surface area contributed by atoms with E-state index in [-0.39, 0.29) is 18.1 Å². The van der Waals surface area contributed by atoms with Crippen LogP contribution in [0.2, 0.25) is 5.02 Å². The minimum absolute atomic E-state index is 0.0219. The molecule has 0 saturated carbocycles. The van der Waals surface area contributed by atoms with Crippen LogP contribution >= 0.6 is 11.6 Å². The second-order valence-corrected chi connectivity index (χ2v) is 6.07. The average molecular weight is 297 g/mol. The van der Waals surface area contributed by atoms with Crippen molar-refractivity contribution in [3.8, 4) is 5.75 Å². The number of benzene rings is 1. The lowest BCUT2D eigenvalue weighted by atomic mass is 10.0. The average Bonchev–Trinajstić information content (AvgIpc) is 2.58. The van der Waals surface area contributed by atoms with Gasteiger partial charge in [0.15, 0.2) is 6.61 Å². The summed E-state index contributed by atoms with van der Waals surface area (Å²) in [5, 5.41) is 4.01. The highest BCUT2D eigenvalue weighted by Crippen LogP contribution is 2.18. The van der Waals surface area contributed by atoms with Gasteiger partial charge in [0, 0.05) is 23.7 Å². The Morgan fingerprint density at radius 2 is 2.10 bits per heavy atom. The van der Waals surface area contributed by atoms with Crippen LogP contribution in [-0.2, 0) is 4.79 Å². The van der Waals surface area contributed by atoms with Gasteiger partial charge in [-0.25, -0.2) is 0 Å². The van der Waals surface area contributed by atoms with Gasteiger partial charge in [-0.1, -0.05) is 11.6 Å². The second-order valence-electron chi connectivity index (χ2n) is 5.63. The molecule has 4 nitrogen and oxygen atoms in total. The van der Waals surface area contributed by atoms with Crippen molar-refractivity contribution in [1.82, 2.24) is 10.2 Å². The summed E-state index contributed by atoms with van der Waals surface area (Å²) in [6.45, 7) is 6.73. The van der Waals surface area contributed by atoms with Gasteiger partial charge >= 0.3 is 0 Å². The van der Waals surface area contributed by atoms with Gasteiger partial charge in [0.25, 0.3) is 5.91 Å². The molecule has 1 aliphatic heterocycles. The van der Waals surface area contributed by atoms with E-state index in [0.717, 1.165) is 26.1 Å². The summed E-state index contributed by atoms with van der Waals surface area (Å²) in [6.07, 6.45) is 0.968. The van der Waals surface area contributed by atoms with Crippen molar-refractivity contribution < 1.29 is 9.53 Å². The lowest BCUT2D eigenvalue weighted by molar-refractivity contribution is -0.138. The van der Waals surface area contributed by atoms with Crippen molar-refractivity contribution in [2.45, 2.75) is 25.8 Å². The molecule has 0 spiro atoms. The first-order valence-corrected chi connectivity index (χ1v) is 7.26. The standard InChI is InChI=1S/C15H21ClN2O2/c1-15(2)11-17-8-3-9-18(15)14(19)10-20-13-6-4-12(16)5-7-13/h4-7,17H,3,8-11H2,1-2H3. The zero-order valence-corrected chi connectivity index (χ0v) is 12.7. The molecule has 1 N–H and O–H groups in total. The first-order valence-electron chi connectivity index (χ1n) is 6.88. The SMILES string of the molecule is CC1(C)CNCCCN1C(=O)COc1ccc(Cl)cc1. The fraction of sp³-hybridized carbons (Fsp3) is 0.533. The summed E-state index contributed by atoms with van der Waals surface area (Å²) in [5.74, 6) is 0.683. The van der Waals surface area contributed by atoms with Crippen LogP contribution in [0.1, 0.15) is 20.3 Å². The second kappa shape index (κ2) is 6.46. The van der Waals surface area contributed by atoms with E-state index in [1.54, 1.807) is 24.3 Å².